The first-order valence-electron chi connectivity index (χ1n) is 8.19. The second-order valence-corrected chi connectivity index (χ2v) is 5.74. The molecule has 1 aliphatic heterocycles. The lowest BCUT2D eigenvalue weighted by Gasteiger charge is -2.22. The second kappa shape index (κ2) is 6.69. The predicted octanol–water partition coefficient (Wildman–Crippen LogP) is 4.96. The van der Waals surface area contributed by atoms with Gasteiger partial charge in [0.15, 0.2) is 0 Å². The van der Waals surface area contributed by atoms with Gasteiger partial charge in [-0.2, -0.15) is 0 Å². The second-order valence-electron chi connectivity index (χ2n) is 5.74. The van der Waals surface area contributed by atoms with Crippen LogP contribution in [0.3, 0.4) is 0 Å². The summed E-state index contributed by atoms with van der Waals surface area (Å²) in [4.78, 5) is 14.4. The maximum Gasteiger partial charge on any atom is 0.424 e. The van der Waals surface area contributed by atoms with Crippen molar-refractivity contribution in [3.05, 3.63) is 84.4 Å². The highest BCUT2D eigenvalue weighted by atomic mass is 16.6. The largest absolute Gasteiger partial charge is 0.493 e. The van der Waals surface area contributed by atoms with Crippen LogP contribution in [0.2, 0.25) is 0 Å². The van der Waals surface area contributed by atoms with E-state index >= 15 is 0 Å². The summed E-state index contributed by atoms with van der Waals surface area (Å²) >= 11 is 0. The van der Waals surface area contributed by atoms with Crippen LogP contribution in [0.5, 0.6) is 11.5 Å². The van der Waals surface area contributed by atoms with Gasteiger partial charge in [-0.25, -0.2) is 9.69 Å². The van der Waals surface area contributed by atoms with Gasteiger partial charge in [0, 0.05) is 12.5 Å². The number of nitrogens with zero attached hydrogens (tertiary/aromatic N) is 1. The topological polar surface area (TPSA) is 38.8 Å². The van der Waals surface area contributed by atoms with Gasteiger partial charge in [0.05, 0.1) is 18.0 Å². The summed E-state index contributed by atoms with van der Waals surface area (Å²) in [7, 11) is 0. The zero-order valence-corrected chi connectivity index (χ0v) is 13.6. The van der Waals surface area contributed by atoms with E-state index in [1.165, 1.54) is 0 Å². The molecule has 0 radical (unpaired) electrons. The average molecular weight is 331 g/mol. The maximum atomic E-state index is 12.9. The Bertz CT molecular complexity index is 839. The third kappa shape index (κ3) is 3.19. The number of anilines is 2. The molecule has 0 aromatic heterocycles. The van der Waals surface area contributed by atoms with Gasteiger partial charge < -0.3 is 9.47 Å². The molecular weight excluding hydrogens is 314 g/mol. The van der Waals surface area contributed by atoms with E-state index in [4.69, 9.17) is 9.47 Å². The van der Waals surface area contributed by atoms with E-state index in [2.05, 4.69) is 0 Å². The molecule has 1 heterocycles. The normalized spacial score (nSPS) is 12.2. The molecule has 3 aromatic rings. The van der Waals surface area contributed by atoms with Crippen LogP contribution in [0.25, 0.3) is 0 Å². The Morgan fingerprint density at radius 1 is 0.880 bits per heavy atom. The monoisotopic (exact) mass is 331 g/mol. The van der Waals surface area contributed by atoms with Crippen LogP contribution in [0, 0.1) is 0 Å². The lowest BCUT2D eigenvalue weighted by Crippen LogP contribution is -2.29. The minimum atomic E-state index is -0.463. The summed E-state index contributed by atoms with van der Waals surface area (Å²) in [5.74, 6) is 1.26. The van der Waals surface area contributed by atoms with Crippen molar-refractivity contribution in [3.63, 3.8) is 0 Å². The molecule has 0 atom stereocenters. The van der Waals surface area contributed by atoms with Crippen molar-refractivity contribution in [2.75, 3.05) is 11.5 Å². The number of hydrogen-bond donors (Lipinski definition) is 0. The number of para-hydroxylation sites is 2. The molecule has 0 aliphatic carbocycles. The molecule has 0 unspecified atom stereocenters. The number of fused-ring (bicyclic) bond motifs is 1. The highest BCUT2D eigenvalue weighted by molar-refractivity contribution is 5.97. The quantitative estimate of drug-likeness (QED) is 0.681. The molecule has 3 aromatic carbocycles. The standard InChI is InChI=1S/C21H17NO3/c23-21(25-19-12-11-16-13-14-24-20(16)15-19)22(17-7-3-1-4-8-17)18-9-5-2-6-10-18/h1-12,15H,13-14H2. The molecule has 1 aliphatic rings. The van der Waals surface area contributed by atoms with Gasteiger partial charge in [0.2, 0.25) is 0 Å². The Hall–Kier alpha value is -3.27. The molecular formula is C21H17NO3. The first kappa shape index (κ1) is 15.3. The molecule has 0 N–H and O–H groups in total. The van der Waals surface area contributed by atoms with Gasteiger partial charge in [-0.3, -0.25) is 0 Å². The molecule has 0 saturated heterocycles. The van der Waals surface area contributed by atoms with Crippen molar-refractivity contribution < 1.29 is 14.3 Å². The zero-order chi connectivity index (χ0) is 17.1. The minimum absolute atomic E-state index is 0.463. The molecule has 0 fully saturated rings. The van der Waals surface area contributed by atoms with Crippen LogP contribution >= 0.6 is 0 Å². The Kier molecular flexibility index (Phi) is 4.09. The molecule has 1 amide bonds. The van der Waals surface area contributed by atoms with Crippen LogP contribution in [0.1, 0.15) is 5.56 Å². The molecule has 4 heteroatoms. The zero-order valence-electron chi connectivity index (χ0n) is 13.6. The van der Waals surface area contributed by atoms with E-state index < -0.39 is 6.09 Å². The van der Waals surface area contributed by atoms with E-state index in [0.717, 1.165) is 29.1 Å². The van der Waals surface area contributed by atoms with E-state index in [1.54, 1.807) is 17.0 Å². The van der Waals surface area contributed by atoms with E-state index in [-0.39, 0.29) is 0 Å². The first-order chi connectivity index (χ1) is 12.3. The highest BCUT2D eigenvalue weighted by Crippen LogP contribution is 2.31. The SMILES string of the molecule is O=C(Oc1ccc2c(c1)OCC2)N(c1ccccc1)c1ccccc1. The molecule has 4 nitrogen and oxygen atoms in total. The number of hydrogen-bond acceptors (Lipinski definition) is 3. The lowest BCUT2D eigenvalue weighted by atomic mass is 10.2. The molecule has 0 spiro atoms. The molecule has 4 rings (SSSR count). The van der Waals surface area contributed by atoms with Crippen LogP contribution in [-0.4, -0.2) is 12.7 Å². The third-order valence-electron chi connectivity index (χ3n) is 4.08. The Labute approximate surface area is 146 Å². The van der Waals surface area contributed by atoms with Crippen molar-refractivity contribution in [2.45, 2.75) is 6.42 Å². The predicted molar refractivity (Wildman–Crippen MR) is 96.7 cm³/mol. The fourth-order valence-corrected chi connectivity index (χ4v) is 2.87. The summed E-state index contributed by atoms with van der Waals surface area (Å²) < 4.78 is 11.2. The van der Waals surface area contributed by atoms with Crippen LogP contribution in [0.15, 0.2) is 78.9 Å². The Morgan fingerprint density at radius 2 is 1.52 bits per heavy atom. The number of carbonyl (C=O) groups is 1. The summed E-state index contributed by atoms with van der Waals surface area (Å²) in [6.07, 6.45) is 0.430. The smallest absolute Gasteiger partial charge is 0.424 e. The summed E-state index contributed by atoms with van der Waals surface area (Å²) in [6, 6.07) is 24.4. The van der Waals surface area contributed by atoms with Crippen LogP contribution in [0.4, 0.5) is 16.2 Å². The maximum absolute atomic E-state index is 12.9. The Balaban J connectivity index is 1.64. The van der Waals surface area contributed by atoms with Crippen molar-refractivity contribution in [3.8, 4) is 11.5 Å². The molecule has 124 valence electrons. The number of benzene rings is 3. The van der Waals surface area contributed by atoms with Crippen molar-refractivity contribution >= 4 is 17.5 Å². The van der Waals surface area contributed by atoms with E-state index in [9.17, 15) is 4.79 Å². The fourth-order valence-electron chi connectivity index (χ4n) is 2.87. The number of carbonyl (C=O) groups excluding carboxylic acids is 1. The highest BCUT2D eigenvalue weighted by Gasteiger charge is 2.21. The number of amides is 1. The van der Waals surface area contributed by atoms with Gasteiger partial charge in [-0.15, -0.1) is 0 Å². The molecule has 0 bridgehead atoms. The minimum Gasteiger partial charge on any atom is -0.493 e. The van der Waals surface area contributed by atoms with Crippen molar-refractivity contribution in [1.29, 1.82) is 0 Å². The number of rotatable bonds is 3. The first-order valence-corrected chi connectivity index (χ1v) is 8.19. The van der Waals surface area contributed by atoms with Crippen LogP contribution in [-0.2, 0) is 6.42 Å². The lowest BCUT2D eigenvalue weighted by molar-refractivity contribution is 0.210. The van der Waals surface area contributed by atoms with E-state index in [0.29, 0.717) is 12.4 Å². The van der Waals surface area contributed by atoms with Gasteiger partial charge in [0.25, 0.3) is 0 Å². The van der Waals surface area contributed by atoms with Crippen LogP contribution < -0.4 is 14.4 Å². The summed E-state index contributed by atoms with van der Waals surface area (Å²) in [5.41, 5.74) is 2.63. The van der Waals surface area contributed by atoms with Gasteiger partial charge >= 0.3 is 6.09 Å². The van der Waals surface area contributed by atoms with Crippen molar-refractivity contribution in [1.82, 2.24) is 0 Å². The average Bonchev–Trinajstić information content (AvgIpc) is 3.11. The Morgan fingerprint density at radius 3 is 2.16 bits per heavy atom. The van der Waals surface area contributed by atoms with Crippen molar-refractivity contribution in [2.24, 2.45) is 0 Å². The van der Waals surface area contributed by atoms with Gasteiger partial charge in [0.1, 0.15) is 11.5 Å². The third-order valence-corrected chi connectivity index (χ3v) is 4.08. The summed E-state index contributed by atoms with van der Waals surface area (Å²) in [6.45, 7) is 0.674. The van der Waals surface area contributed by atoms with Gasteiger partial charge in [-0.1, -0.05) is 42.5 Å². The molecule has 25 heavy (non-hydrogen) atoms. The van der Waals surface area contributed by atoms with Gasteiger partial charge in [-0.05, 0) is 35.9 Å². The summed E-state index contributed by atoms with van der Waals surface area (Å²) in [5, 5.41) is 0. The fraction of sp³-hybridized carbons (Fsp3) is 0.0952. The van der Waals surface area contributed by atoms with E-state index in [1.807, 2.05) is 66.7 Å². The number of ether oxygens (including phenoxy) is 2. The molecule has 0 saturated carbocycles.